The highest BCUT2D eigenvalue weighted by molar-refractivity contribution is 7.17. The predicted molar refractivity (Wildman–Crippen MR) is 70.9 cm³/mol. The second-order valence-electron chi connectivity index (χ2n) is 3.89. The fourth-order valence-corrected chi connectivity index (χ4v) is 2.50. The van der Waals surface area contributed by atoms with Gasteiger partial charge in [0.15, 0.2) is 0 Å². The molecule has 1 aromatic carbocycles. The highest BCUT2D eigenvalue weighted by atomic mass is 32.1. The molecule has 1 aromatic heterocycles. The van der Waals surface area contributed by atoms with Crippen molar-refractivity contribution >= 4 is 27.1 Å². The quantitative estimate of drug-likeness (QED) is 0.707. The lowest BCUT2D eigenvalue weighted by Crippen LogP contribution is -2.03. The number of nitrogen functional groups attached to an aromatic ring is 1. The van der Waals surface area contributed by atoms with E-state index in [0.29, 0.717) is 0 Å². The summed E-state index contributed by atoms with van der Waals surface area (Å²) in [5.41, 5.74) is 6.43. The van der Waals surface area contributed by atoms with Gasteiger partial charge in [0.1, 0.15) is 0 Å². The summed E-state index contributed by atoms with van der Waals surface area (Å²) >= 11 is 1.72. The minimum absolute atomic E-state index is 0.843. The number of ether oxygens (including phenoxy) is 1. The predicted octanol–water partition coefficient (Wildman–Crippen LogP) is 3.67. The molecule has 0 saturated carbocycles. The highest BCUT2D eigenvalue weighted by Crippen LogP contribution is 2.22. The van der Waals surface area contributed by atoms with Crippen molar-refractivity contribution < 1.29 is 4.74 Å². The van der Waals surface area contributed by atoms with Crippen molar-refractivity contribution in [2.45, 2.75) is 19.3 Å². The van der Waals surface area contributed by atoms with E-state index in [1.54, 1.807) is 11.3 Å². The van der Waals surface area contributed by atoms with Crippen LogP contribution in [0.15, 0.2) is 29.6 Å². The fraction of sp³-hybridized carbons (Fsp3) is 0.385. The Morgan fingerprint density at radius 3 is 2.50 bits per heavy atom. The van der Waals surface area contributed by atoms with Crippen molar-refractivity contribution in [3.05, 3.63) is 29.6 Å². The van der Waals surface area contributed by atoms with Gasteiger partial charge >= 0.3 is 0 Å². The van der Waals surface area contributed by atoms with Crippen molar-refractivity contribution in [2.24, 2.45) is 0 Å². The largest absolute Gasteiger partial charge is 0.399 e. The first-order valence-corrected chi connectivity index (χ1v) is 6.55. The summed E-state index contributed by atoms with van der Waals surface area (Å²) in [6.07, 6.45) is 3.93. The lowest BCUT2D eigenvalue weighted by molar-refractivity contribution is 0.0968. The number of benzene rings is 1. The molecule has 1 fully saturated rings. The zero-order valence-electron chi connectivity index (χ0n) is 9.32. The molecule has 2 heterocycles. The Morgan fingerprint density at radius 1 is 1.06 bits per heavy atom. The van der Waals surface area contributed by atoms with Gasteiger partial charge in [-0.1, -0.05) is 6.07 Å². The standard InChI is InChI=1S/C8H7NS.C5H10O/c9-7-2-1-6-3-4-10-8(6)5-7;1-2-4-6-5-3-1/h1-5H,9H2;1-5H2. The van der Waals surface area contributed by atoms with Crippen LogP contribution in [0.25, 0.3) is 10.1 Å². The third-order valence-electron chi connectivity index (χ3n) is 2.56. The Morgan fingerprint density at radius 2 is 1.88 bits per heavy atom. The minimum atomic E-state index is 0.843. The summed E-state index contributed by atoms with van der Waals surface area (Å²) in [5.74, 6) is 0. The summed E-state index contributed by atoms with van der Waals surface area (Å²) in [4.78, 5) is 0. The van der Waals surface area contributed by atoms with E-state index in [1.165, 1.54) is 29.3 Å². The SMILES string of the molecule is C1CCOCC1.Nc1ccc2ccsc2c1. The second kappa shape index (κ2) is 5.87. The van der Waals surface area contributed by atoms with Gasteiger partial charge < -0.3 is 10.5 Å². The third-order valence-corrected chi connectivity index (χ3v) is 3.44. The molecule has 0 amide bonds. The van der Waals surface area contributed by atoms with Crippen LogP contribution in [-0.4, -0.2) is 13.2 Å². The number of hydrogen-bond donors (Lipinski definition) is 1. The topological polar surface area (TPSA) is 35.2 Å². The maximum atomic E-state index is 5.59. The number of thiophene rings is 1. The molecule has 86 valence electrons. The molecular formula is C13H17NOS. The lowest BCUT2D eigenvalue weighted by atomic mass is 10.2. The molecule has 16 heavy (non-hydrogen) atoms. The molecule has 2 nitrogen and oxygen atoms in total. The monoisotopic (exact) mass is 235 g/mol. The first-order chi connectivity index (χ1) is 7.86. The number of hydrogen-bond acceptors (Lipinski definition) is 3. The number of anilines is 1. The molecule has 2 aromatic rings. The van der Waals surface area contributed by atoms with Crippen LogP contribution in [0.5, 0.6) is 0 Å². The minimum Gasteiger partial charge on any atom is -0.399 e. The van der Waals surface area contributed by atoms with Gasteiger partial charge in [-0.25, -0.2) is 0 Å². The number of rotatable bonds is 0. The van der Waals surface area contributed by atoms with E-state index >= 15 is 0 Å². The van der Waals surface area contributed by atoms with Gasteiger partial charge in [-0.3, -0.25) is 0 Å². The van der Waals surface area contributed by atoms with Crippen molar-refractivity contribution in [2.75, 3.05) is 18.9 Å². The van der Waals surface area contributed by atoms with Crippen LogP contribution in [0, 0.1) is 0 Å². The molecule has 2 N–H and O–H groups in total. The van der Waals surface area contributed by atoms with Gasteiger partial charge in [0.2, 0.25) is 0 Å². The smallest absolute Gasteiger partial charge is 0.0466 e. The molecule has 0 unspecified atom stereocenters. The van der Waals surface area contributed by atoms with E-state index < -0.39 is 0 Å². The normalized spacial score (nSPS) is 15.5. The van der Waals surface area contributed by atoms with E-state index in [-0.39, 0.29) is 0 Å². The zero-order chi connectivity index (χ0) is 11.2. The Kier molecular flexibility index (Phi) is 4.19. The van der Waals surface area contributed by atoms with Crippen molar-refractivity contribution in [1.82, 2.24) is 0 Å². The Bertz CT molecular complexity index is 423. The van der Waals surface area contributed by atoms with E-state index in [2.05, 4.69) is 11.4 Å². The van der Waals surface area contributed by atoms with Crippen LogP contribution in [0.1, 0.15) is 19.3 Å². The molecule has 0 radical (unpaired) electrons. The van der Waals surface area contributed by atoms with Crippen LogP contribution in [0.2, 0.25) is 0 Å². The summed E-state index contributed by atoms with van der Waals surface area (Å²) in [7, 11) is 0. The van der Waals surface area contributed by atoms with E-state index in [0.717, 1.165) is 18.9 Å². The lowest BCUT2D eigenvalue weighted by Gasteiger charge is -2.08. The second-order valence-corrected chi connectivity index (χ2v) is 4.84. The van der Waals surface area contributed by atoms with Gasteiger partial charge in [0.25, 0.3) is 0 Å². The van der Waals surface area contributed by atoms with Crippen molar-refractivity contribution in [3.63, 3.8) is 0 Å². The number of fused-ring (bicyclic) bond motifs is 1. The Hall–Kier alpha value is -1.06. The molecule has 3 heteroatoms. The molecule has 3 rings (SSSR count). The maximum Gasteiger partial charge on any atom is 0.0466 e. The molecule has 1 aliphatic rings. The number of nitrogens with two attached hydrogens (primary N) is 1. The molecule has 1 aliphatic heterocycles. The fourth-order valence-electron chi connectivity index (χ4n) is 1.66. The van der Waals surface area contributed by atoms with Crippen LogP contribution in [0.4, 0.5) is 5.69 Å². The molecule has 0 spiro atoms. The Labute approximate surface area is 100 Å². The van der Waals surface area contributed by atoms with E-state index in [9.17, 15) is 0 Å². The molecule has 0 aliphatic carbocycles. The van der Waals surface area contributed by atoms with Gasteiger partial charge in [0.05, 0.1) is 0 Å². The van der Waals surface area contributed by atoms with Crippen LogP contribution < -0.4 is 5.73 Å². The first-order valence-electron chi connectivity index (χ1n) is 5.67. The van der Waals surface area contributed by atoms with Gasteiger partial charge in [-0.05, 0) is 48.2 Å². The average Bonchev–Trinajstić information content (AvgIpc) is 2.79. The molecule has 0 bridgehead atoms. The molecular weight excluding hydrogens is 218 g/mol. The van der Waals surface area contributed by atoms with Crippen LogP contribution in [-0.2, 0) is 4.74 Å². The van der Waals surface area contributed by atoms with E-state index in [4.69, 9.17) is 10.5 Å². The summed E-state index contributed by atoms with van der Waals surface area (Å²) in [6, 6.07) is 8.07. The van der Waals surface area contributed by atoms with Crippen LogP contribution >= 0.6 is 11.3 Å². The van der Waals surface area contributed by atoms with Gasteiger partial charge in [-0.2, -0.15) is 0 Å². The van der Waals surface area contributed by atoms with Crippen molar-refractivity contribution in [1.29, 1.82) is 0 Å². The molecule has 0 atom stereocenters. The average molecular weight is 235 g/mol. The third kappa shape index (κ3) is 3.22. The summed E-state index contributed by atoms with van der Waals surface area (Å²) in [5, 5.41) is 3.35. The highest BCUT2D eigenvalue weighted by Gasteiger charge is 1.95. The van der Waals surface area contributed by atoms with Crippen molar-refractivity contribution in [3.8, 4) is 0 Å². The first kappa shape index (κ1) is 11.4. The van der Waals surface area contributed by atoms with Gasteiger partial charge in [0, 0.05) is 23.6 Å². The summed E-state index contributed by atoms with van der Waals surface area (Å²) in [6.45, 7) is 2.00. The zero-order valence-corrected chi connectivity index (χ0v) is 10.1. The summed E-state index contributed by atoms with van der Waals surface area (Å²) < 4.78 is 6.33. The molecule has 1 saturated heterocycles. The maximum absolute atomic E-state index is 5.59. The van der Waals surface area contributed by atoms with Crippen LogP contribution in [0.3, 0.4) is 0 Å². The Balaban J connectivity index is 0.000000138. The van der Waals surface area contributed by atoms with E-state index in [1.807, 2.05) is 18.2 Å². The van der Waals surface area contributed by atoms with Gasteiger partial charge in [-0.15, -0.1) is 11.3 Å².